The lowest BCUT2D eigenvalue weighted by Crippen LogP contribution is -2.04. The number of nitrogens with zero attached hydrogens (tertiary/aromatic N) is 2. The van der Waals surface area contributed by atoms with Crippen molar-refractivity contribution in [1.29, 1.82) is 0 Å². The third kappa shape index (κ3) is 3.75. The molecule has 0 aliphatic carbocycles. The summed E-state index contributed by atoms with van der Waals surface area (Å²) in [6.07, 6.45) is 7.08. The van der Waals surface area contributed by atoms with E-state index in [1.807, 2.05) is 6.08 Å². The lowest BCUT2D eigenvalue weighted by Gasteiger charge is -1.95. The van der Waals surface area contributed by atoms with Crippen LogP contribution in [0.1, 0.15) is 43.2 Å². The topological polar surface area (TPSA) is 68.0 Å². The molecule has 0 unspecified atom stereocenters. The first kappa shape index (κ1) is 13.5. The highest BCUT2D eigenvalue weighted by Gasteiger charge is 2.05. The fraction of sp³-hybridized carbons (Fsp3) is 0.308. The van der Waals surface area contributed by atoms with Crippen molar-refractivity contribution in [3.8, 4) is 0 Å². The van der Waals surface area contributed by atoms with Crippen molar-refractivity contribution in [2.75, 3.05) is 5.32 Å². The van der Waals surface area contributed by atoms with E-state index in [1.54, 1.807) is 18.5 Å². The summed E-state index contributed by atoms with van der Waals surface area (Å²) in [6.45, 7) is 5.56. The van der Waals surface area contributed by atoms with Crippen LogP contribution in [0.2, 0.25) is 0 Å². The van der Waals surface area contributed by atoms with Gasteiger partial charge in [0.1, 0.15) is 5.76 Å². The second-order valence-corrected chi connectivity index (χ2v) is 5.40. The Kier molecular flexibility index (Phi) is 4.11. The van der Waals surface area contributed by atoms with Gasteiger partial charge < -0.3 is 9.73 Å². The molecule has 2 rings (SSSR count). The summed E-state index contributed by atoms with van der Waals surface area (Å²) in [5, 5.41) is 3.22. The highest BCUT2D eigenvalue weighted by Crippen LogP contribution is 2.21. The molecule has 100 valence electrons. The van der Waals surface area contributed by atoms with E-state index in [4.69, 9.17) is 4.42 Å². The minimum absolute atomic E-state index is 0.126. The average Bonchev–Trinajstić information content (AvgIpc) is 2.94. The maximum atomic E-state index is 10.9. The number of aromatic nitrogens is 2. The smallest absolute Gasteiger partial charge is 0.223 e. The number of rotatable bonds is 4. The molecule has 0 spiro atoms. The van der Waals surface area contributed by atoms with Gasteiger partial charge in [0.15, 0.2) is 5.13 Å². The molecule has 0 radical (unpaired) electrons. The summed E-state index contributed by atoms with van der Waals surface area (Å²) in [7, 11) is 0. The molecule has 2 aromatic heterocycles. The van der Waals surface area contributed by atoms with Gasteiger partial charge in [0.05, 0.1) is 6.20 Å². The van der Waals surface area contributed by atoms with Gasteiger partial charge in [0.25, 0.3) is 0 Å². The Labute approximate surface area is 115 Å². The first-order chi connectivity index (χ1) is 9.04. The number of oxazole rings is 1. The number of amides is 1. The van der Waals surface area contributed by atoms with Crippen LogP contribution < -0.4 is 5.32 Å². The molecule has 2 aromatic rings. The van der Waals surface area contributed by atoms with Gasteiger partial charge in [-0.3, -0.25) is 4.79 Å². The molecule has 0 saturated carbocycles. The van der Waals surface area contributed by atoms with Crippen LogP contribution >= 0.6 is 11.3 Å². The van der Waals surface area contributed by atoms with Crippen LogP contribution in [0.25, 0.3) is 12.2 Å². The van der Waals surface area contributed by atoms with Gasteiger partial charge in [-0.25, -0.2) is 9.97 Å². The number of thiazole rings is 1. The van der Waals surface area contributed by atoms with Gasteiger partial charge in [-0.1, -0.05) is 25.2 Å². The summed E-state index contributed by atoms with van der Waals surface area (Å²) in [4.78, 5) is 20.1. The first-order valence-electron chi connectivity index (χ1n) is 5.92. The van der Waals surface area contributed by atoms with Crippen molar-refractivity contribution >= 4 is 34.5 Å². The second kappa shape index (κ2) is 5.79. The van der Waals surface area contributed by atoms with Crippen LogP contribution in [0.5, 0.6) is 0 Å². The minimum Gasteiger partial charge on any atom is -0.442 e. The molecular formula is C13H15N3O2S. The fourth-order valence-electron chi connectivity index (χ4n) is 1.37. The summed E-state index contributed by atoms with van der Waals surface area (Å²) in [5.74, 6) is 1.63. The molecule has 6 heteroatoms. The molecule has 0 aliphatic rings. The quantitative estimate of drug-likeness (QED) is 0.930. The van der Waals surface area contributed by atoms with Crippen molar-refractivity contribution in [3.63, 3.8) is 0 Å². The molecule has 0 saturated heterocycles. The van der Waals surface area contributed by atoms with Crippen molar-refractivity contribution in [3.05, 3.63) is 28.9 Å². The van der Waals surface area contributed by atoms with Crippen molar-refractivity contribution in [2.24, 2.45) is 0 Å². The van der Waals surface area contributed by atoms with Gasteiger partial charge in [-0.2, -0.15) is 0 Å². The van der Waals surface area contributed by atoms with Crippen LogP contribution in [0.4, 0.5) is 5.13 Å². The molecule has 1 amide bonds. The molecule has 5 nitrogen and oxygen atoms in total. The average molecular weight is 277 g/mol. The SMILES string of the molecule is CC(=O)Nc1ncc(/C=C/c2ncc(C(C)C)o2)s1. The number of carbonyl (C=O) groups is 1. The zero-order valence-corrected chi connectivity index (χ0v) is 11.8. The van der Waals surface area contributed by atoms with E-state index >= 15 is 0 Å². The molecular weight excluding hydrogens is 262 g/mol. The molecule has 0 aromatic carbocycles. The highest BCUT2D eigenvalue weighted by molar-refractivity contribution is 7.16. The van der Waals surface area contributed by atoms with E-state index in [2.05, 4.69) is 29.1 Å². The van der Waals surface area contributed by atoms with E-state index in [-0.39, 0.29) is 5.91 Å². The first-order valence-corrected chi connectivity index (χ1v) is 6.73. The maximum Gasteiger partial charge on any atom is 0.223 e. The lowest BCUT2D eigenvalue weighted by atomic mass is 10.2. The summed E-state index contributed by atoms with van der Waals surface area (Å²) in [6, 6.07) is 0. The normalized spacial score (nSPS) is 11.4. The van der Waals surface area contributed by atoms with Gasteiger partial charge in [-0.15, -0.1) is 0 Å². The number of anilines is 1. The van der Waals surface area contributed by atoms with Gasteiger partial charge >= 0.3 is 0 Å². The fourth-order valence-corrected chi connectivity index (χ4v) is 2.14. The minimum atomic E-state index is -0.126. The second-order valence-electron chi connectivity index (χ2n) is 4.34. The summed E-state index contributed by atoms with van der Waals surface area (Å²) >= 11 is 1.39. The van der Waals surface area contributed by atoms with E-state index in [0.717, 1.165) is 10.6 Å². The van der Waals surface area contributed by atoms with Crippen molar-refractivity contribution in [2.45, 2.75) is 26.7 Å². The Morgan fingerprint density at radius 2 is 2.16 bits per heavy atom. The molecule has 0 aliphatic heterocycles. The molecule has 19 heavy (non-hydrogen) atoms. The number of nitrogens with one attached hydrogen (secondary N) is 1. The molecule has 0 bridgehead atoms. The van der Waals surface area contributed by atoms with Crippen molar-refractivity contribution < 1.29 is 9.21 Å². The van der Waals surface area contributed by atoms with E-state index in [9.17, 15) is 4.79 Å². The maximum absolute atomic E-state index is 10.9. The molecule has 0 fully saturated rings. The Morgan fingerprint density at radius 1 is 1.37 bits per heavy atom. The Hall–Kier alpha value is -1.95. The van der Waals surface area contributed by atoms with Crippen LogP contribution in [-0.2, 0) is 4.79 Å². The standard InChI is InChI=1S/C13H15N3O2S/c1-8(2)11-7-14-12(18-11)5-4-10-6-15-13(19-10)16-9(3)17/h4-8H,1-3H3,(H,15,16,17)/b5-4+. The third-order valence-corrected chi connectivity index (χ3v) is 3.19. The van der Waals surface area contributed by atoms with Crippen molar-refractivity contribution in [1.82, 2.24) is 9.97 Å². The Balaban J connectivity index is 2.05. The third-order valence-electron chi connectivity index (χ3n) is 2.31. The Bertz CT molecular complexity index is 599. The summed E-state index contributed by atoms with van der Waals surface area (Å²) < 4.78 is 5.55. The van der Waals surface area contributed by atoms with Gasteiger partial charge in [-0.05, 0) is 6.08 Å². The summed E-state index contributed by atoms with van der Waals surface area (Å²) in [5.41, 5.74) is 0. The van der Waals surface area contributed by atoms with Gasteiger partial charge in [0, 0.05) is 30.0 Å². The van der Waals surface area contributed by atoms with E-state index < -0.39 is 0 Å². The number of hydrogen-bond donors (Lipinski definition) is 1. The predicted octanol–water partition coefficient (Wildman–Crippen LogP) is 3.38. The highest BCUT2D eigenvalue weighted by atomic mass is 32.1. The van der Waals surface area contributed by atoms with Crippen LogP contribution in [0.15, 0.2) is 16.8 Å². The Morgan fingerprint density at radius 3 is 2.79 bits per heavy atom. The van der Waals surface area contributed by atoms with Gasteiger partial charge in [0.2, 0.25) is 11.8 Å². The largest absolute Gasteiger partial charge is 0.442 e. The molecule has 0 atom stereocenters. The van der Waals surface area contributed by atoms with Crippen LogP contribution in [0.3, 0.4) is 0 Å². The predicted molar refractivity (Wildman–Crippen MR) is 75.9 cm³/mol. The molecule has 2 heterocycles. The van der Waals surface area contributed by atoms with E-state index in [1.165, 1.54) is 18.3 Å². The molecule has 1 N–H and O–H groups in total. The zero-order chi connectivity index (χ0) is 13.8. The number of carbonyl (C=O) groups excluding carboxylic acids is 1. The monoisotopic (exact) mass is 277 g/mol. The number of hydrogen-bond acceptors (Lipinski definition) is 5. The van der Waals surface area contributed by atoms with E-state index in [0.29, 0.717) is 16.9 Å². The lowest BCUT2D eigenvalue weighted by molar-refractivity contribution is -0.114. The zero-order valence-electron chi connectivity index (χ0n) is 11.0. The van der Waals surface area contributed by atoms with Crippen LogP contribution in [-0.4, -0.2) is 15.9 Å². The van der Waals surface area contributed by atoms with Crippen LogP contribution in [0, 0.1) is 0 Å².